The van der Waals surface area contributed by atoms with Gasteiger partial charge in [0.1, 0.15) is 12.1 Å². The maximum Gasteiger partial charge on any atom is 0.325 e. The van der Waals surface area contributed by atoms with Gasteiger partial charge in [-0.05, 0) is 49.1 Å². The van der Waals surface area contributed by atoms with E-state index in [0.717, 1.165) is 43.2 Å². The van der Waals surface area contributed by atoms with E-state index in [0.29, 0.717) is 17.1 Å². The van der Waals surface area contributed by atoms with Crippen molar-refractivity contribution in [1.82, 2.24) is 14.5 Å². The predicted molar refractivity (Wildman–Crippen MR) is 101 cm³/mol. The fourth-order valence-corrected chi connectivity index (χ4v) is 3.90. The van der Waals surface area contributed by atoms with Crippen LogP contribution in [0.4, 0.5) is 0 Å². The quantitative estimate of drug-likeness (QED) is 0.657. The summed E-state index contributed by atoms with van der Waals surface area (Å²) in [5.41, 5.74) is 4.36. The molecule has 0 fully saturated rings. The number of aryl methyl sites for hydroxylation is 1. The molecule has 0 N–H and O–H groups in total. The summed E-state index contributed by atoms with van der Waals surface area (Å²) >= 11 is 0. The molecule has 3 aromatic heterocycles. The third-order valence-corrected chi connectivity index (χ3v) is 5.13. The number of fused-ring (bicyclic) bond motifs is 5. The van der Waals surface area contributed by atoms with Crippen molar-refractivity contribution >= 4 is 28.2 Å². The zero-order valence-corrected chi connectivity index (χ0v) is 15.9. The molecule has 0 atom stereocenters. The average Bonchev–Trinajstić information content (AvgIpc) is 3.03. The van der Waals surface area contributed by atoms with Crippen molar-refractivity contribution in [1.29, 1.82) is 0 Å². The number of rotatable bonds is 4. The Morgan fingerprint density at radius 1 is 1.30 bits per heavy atom. The maximum atomic E-state index is 12.8. The van der Waals surface area contributed by atoms with Gasteiger partial charge in [0.05, 0.1) is 18.8 Å². The summed E-state index contributed by atoms with van der Waals surface area (Å²) in [6.07, 6.45) is 6.48. The molecule has 4 rings (SSSR count). The highest BCUT2D eigenvalue weighted by atomic mass is 16.5. The molecule has 142 valence electrons. The second-order valence-corrected chi connectivity index (χ2v) is 7.53. The van der Waals surface area contributed by atoms with Gasteiger partial charge in [0.15, 0.2) is 0 Å². The highest BCUT2D eigenvalue weighted by molar-refractivity contribution is 6.03. The first-order valence-corrected chi connectivity index (χ1v) is 9.38. The van der Waals surface area contributed by atoms with E-state index in [4.69, 9.17) is 9.40 Å². The van der Waals surface area contributed by atoms with E-state index in [9.17, 15) is 9.59 Å². The zero-order valence-electron chi connectivity index (χ0n) is 15.9. The number of pyridine rings is 1. The van der Waals surface area contributed by atoms with Crippen LogP contribution in [0, 0.1) is 5.92 Å². The highest BCUT2D eigenvalue weighted by Crippen LogP contribution is 2.35. The van der Waals surface area contributed by atoms with Crippen molar-refractivity contribution < 1.29 is 13.9 Å². The van der Waals surface area contributed by atoms with Crippen LogP contribution in [0.5, 0.6) is 0 Å². The Morgan fingerprint density at radius 3 is 2.74 bits per heavy atom. The van der Waals surface area contributed by atoms with Gasteiger partial charge in [-0.2, -0.15) is 0 Å². The molecular weight excluding hydrogens is 346 g/mol. The van der Waals surface area contributed by atoms with Crippen LogP contribution in [0.2, 0.25) is 0 Å². The Kier molecular flexibility index (Phi) is 4.45. The Balaban J connectivity index is 1.97. The number of hydrogen-bond donors (Lipinski definition) is 0. The number of methoxy groups -OCH3 is 1. The highest BCUT2D eigenvalue weighted by Gasteiger charge is 2.25. The van der Waals surface area contributed by atoms with Crippen molar-refractivity contribution in [2.24, 2.45) is 5.92 Å². The molecule has 27 heavy (non-hydrogen) atoms. The number of aromatic nitrogens is 3. The lowest BCUT2D eigenvalue weighted by Gasteiger charge is -2.20. The summed E-state index contributed by atoms with van der Waals surface area (Å²) in [5.74, 6) is -0.0233. The normalized spacial score (nSPS) is 14.1. The van der Waals surface area contributed by atoms with Gasteiger partial charge in [0, 0.05) is 5.69 Å². The number of esters is 1. The molecule has 1 aliphatic rings. The Hall–Kier alpha value is -2.70. The van der Waals surface area contributed by atoms with Crippen LogP contribution in [-0.4, -0.2) is 27.6 Å². The molecule has 3 aromatic rings. The standard InChI is InChI=1S/C20H23N3O4/c1-11(2)8-14-12-6-4-5-7-13(12)16-17-18(27-19(16)22-14)20(25)23(10-21-17)9-15(24)26-3/h10-11H,4-9H2,1-3H3. The lowest BCUT2D eigenvalue weighted by molar-refractivity contribution is -0.141. The minimum Gasteiger partial charge on any atom is -0.468 e. The number of ether oxygens (including phenoxy) is 1. The monoisotopic (exact) mass is 369 g/mol. The van der Waals surface area contributed by atoms with Crippen LogP contribution >= 0.6 is 0 Å². The first-order chi connectivity index (χ1) is 13.0. The van der Waals surface area contributed by atoms with Crippen molar-refractivity contribution in [2.45, 2.75) is 52.5 Å². The van der Waals surface area contributed by atoms with E-state index < -0.39 is 11.5 Å². The van der Waals surface area contributed by atoms with Crippen LogP contribution in [0.3, 0.4) is 0 Å². The minimum absolute atomic E-state index is 0.151. The molecule has 7 heteroatoms. The third kappa shape index (κ3) is 3.01. The molecule has 7 nitrogen and oxygen atoms in total. The molecule has 0 saturated carbocycles. The van der Waals surface area contributed by atoms with Gasteiger partial charge in [0.25, 0.3) is 5.56 Å². The largest absolute Gasteiger partial charge is 0.468 e. The summed E-state index contributed by atoms with van der Waals surface area (Å²) in [5, 5.41) is 0.856. The van der Waals surface area contributed by atoms with E-state index in [1.807, 2.05) is 0 Å². The van der Waals surface area contributed by atoms with Crippen molar-refractivity contribution in [2.75, 3.05) is 7.11 Å². The fraction of sp³-hybridized carbons (Fsp3) is 0.500. The number of carbonyl (C=O) groups is 1. The molecule has 0 amide bonds. The van der Waals surface area contributed by atoms with Crippen molar-refractivity contribution in [3.8, 4) is 0 Å². The SMILES string of the molecule is COC(=O)Cn1cnc2c(oc3nc(CC(C)C)c4c(c32)CCCC4)c1=O. The Labute approximate surface area is 156 Å². The minimum atomic E-state index is -0.510. The van der Waals surface area contributed by atoms with Gasteiger partial charge in [-0.25, -0.2) is 9.97 Å². The average molecular weight is 369 g/mol. The van der Waals surface area contributed by atoms with E-state index in [-0.39, 0.29) is 12.1 Å². The van der Waals surface area contributed by atoms with Gasteiger partial charge in [-0.3, -0.25) is 14.2 Å². The van der Waals surface area contributed by atoms with Crippen molar-refractivity contribution in [3.63, 3.8) is 0 Å². The smallest absolute Gasteiger partial charge is 0.325 e. The number of furan rings is 1. The van der Waals surface area contributed by atoms with Crippen LogP contribution in [0.1, 0.15) is 43.5 Å². The molecule has 3 heterocycles. The summed E-state index contributed by atoms with van der Waals surface area (Å²) in [6, 6.07) is 0. The van der Waals surface area contributed by atoms with Gasteiger partial charge < -0.3 is 9.15 Å². The molecule has 0 unspecified atom stereocenters. The van der Waals surface area contributed by atoms with E-state index in [1.54, 1.807) is 0 Å². The zero-order chi connectivity index (χ0) is 19.1. The Bertz CT molecular complexity index is 1090. The second kappa shape index (κ2) is 6.79. The lowest BCUT2D eigenvalue weighted by atomic mass is 9.87. The van der Waals surface area contributed by atoms with Crippen LogP contribution in [0.25, 0.3) is 22.2 Å². The second-order valence-electron chi connectivity index (χ2n) is 7.53. The summed E-state index contributed by atoms with van der Waals surface area (Å²) in [4.78, 5) is 33.5. The lowest BCUT2D eigenvalue weighted by Crippen LogP contribution is -2.24. The van der Waals surface area contributed by atoms with Crippen LogP contribution < -0.4 is 5.56 Å². The molecule has 0 aromatic carbocycles. The van der Waals surface area contributed by atoms with E-state index in [1.165, 1.54) is 29.1 Å². The number of hydrogen-bond acceptors (Lipinski definition) is 6. The Morgan fingerprint density at radius 2 is 2.04 bits per heavy atom. The van der Waals surface area contributed by atoms with Gasteiger partial charge >= 0.3 is 5.97 Å². The topological polar surface area (TPSA) is 87.2 Å². The van der Waals surface area contributed by atoms with Gasteiger partial charge in [-0.15, -0.1) is 0 Å². The van der Waals surface area contributed by atoms with Crippen LogP contribution in [-0.2, 0) is 35.3 Å². The van der Waals surface area contributed by atoms with Gasteiger partial charge in [0.2, 0.25) is 11.3 Å². The van der Waals surface area contributed by atoms with Crippen molar-refractivity contribution in [3.05, 3.63) is 33.5 Å². The molecule has 0 spiro atoms. The molecule has 0 bridgehead atoms. The summed E-state index contributed by atoms with van der Waals surface area (Å²) in [6.45, 7) is 4.15. The van der Waals surface area contributed by atoms with E-state index in [2.05, 4.69) is 23.6 Å². The molecular formula is C20H23N3O4. The number of carbonyl (C=O) groups excluding carboxylic acids is 1. The summed E-state index contributed by atoms with van der Waals surface area (Å²) in [7, 11) is 1.28. The third-order valence-electron chi connectivity index (χ3n) is 5.13. The summed E-state index contributed by atoms with van der Waals surface area (Å²) < 4.78 is 11.7. The van der Waals surface area contributed by atoms with Crippen LogP contribution in [0.15, 0.2) is 15.5 Å². The molecule has 1 aliphatic carbocycles. The first-order valence-electron chi connectivity index (χ1n) is 9.38. The maximum absolute atomic E-state index is 12.8. The van der Waals surface area contributed by atoms with Gasteiger partial charge in [-0.1, -0.05) is 13.8 Å². The molecule has 0 radical (unpaired) electrons. The predicted octanol–water partition coefficient (Wildman–Crippen LogP) is 2.79. The van der Waals surface area contributed by atoms with E-state index >= 15 is 0 Å². The molecule has 0 saturated heterocycles. The number of nitrogens with zero attached hydrogens (tertiary/aromatic N) is 3. The molecule has 0 aliphatic heterocycles. The first kappa shape index (κ1) is 17.7. The fourth-order valence-electron chi connectivity index (χ4n) is 3.90.